The number of nitrogens with zero attached hydrogens (tertiary/aromatic N) is 2. The second-order valence-electron chi connectivity index (χ2n) is 11.7. The summed E-state index contributed by atoms with van der Waals surface area (Å²) >= 11 is 0. The van der Waals surface area contributed by atoms with Crippen LogP contribution in [0.3, 0.4) is 0 Å². The van der Waals surface area contributed by atoms with E-state index in [1.807, 2.05) is 18.2 Å². The predicted molar refractivity (Wildman–Crippen MR) is 148 cm³/mol. The zero-order chi connectivity index (χ0) is 28.4. The van der Waals surface area contributed by atoms with Crippen LogP contribution in [0.5, 0.6) is 0 Å². The van der Waals surface area contributed by atoms with E-state index in [-0.39, 0.29) is 54.8 Å². The fourth-order valence-corrected chi connectivity index (χ4v) is 5.96. The van der Waals surface area contributed by atoms with Crippen LogP contribution in [-0.2, 0) is 34.0 Å². The smallest absolute Gasteiger partial charge is 0.255 e. The molecule has 2 aliphatic heterocycles. The number of hydrogen-bond acceptors (Lipinski definition) is 6. The lowest BCUT2D eigenvalue weighted by atomic mass is 9.98. The van der Waals surface area contributed by atoms with Crippen molar-refractivity contribution in [1.82, 2.24) is 15.1 Å². The average molecular weight is 539 g/mol. The van der Waals surface area contributed by atoms with Crippen molar-refractivity contribution >= 4 is 23.8 Å². The second kappa shape index (κ2) is 11.4. The van der Waals surface area contributed by atoms with Crippen molar-refractivity contribution < 1.29 is 23.5 Å². The molecule has 2 heterocycles. The third-order valence-electron chi connectivity index (χ3n) is 7.23. The number of nitrogens with one attached hydrogen (secondary N) is 2. The van der Waals surface area contributed by atoms with E-state index in [0.717, 1.165) is 36.2 Å². The van der Waals surface area contributed by atoms with E-state index in [9.17, 15) is 18.8 Å². The first-order valence-corrected chi connectivity index (χ1v) is 13.4. The molecular formula is C30H39FN4O4. The second-order valence-corrected chi connectivity index (χ2v) is 11.7. The van der Waals surface area contributed by atoms with Gasteiger partial charge in [0, 0.05) is 68.6 Å². The number of carbonyl (C=O) groups is 3. The Hall–Kier alpha value is -3.30. The van der Waals surface area contributed by atoms with Gasteiger partial charge < -0.3 is 25.1 Å². The molecule has 0 bridgehead atoms. The van der Waals surface area contributed by atoms with Crippen molar-refractivity contribution in [2.24, 2.45) is 0 Å². The van der Waals surface area contributed by atoms with Gasteiger partial charge in [-0.15, -0.1) is 0 Å². The molecule has 0 aliphatic carbocycles. The Kier molecular flexibility index (Phi) is 8.42. The van der Waals surface area contributed by atoms with E-state index in [1.54, 1.807) is 12.1 Å². The normalized spacial score (nSPS) is 18.9. The molecule has 0 radical (unpaired) electrons. The number of likely N-dealkylation sites (N-methyl/N-ethyl adjacent to an activating group) is 1. The van der Waals surface area contributed by atoms with E-state index >= 15 is 0 Å². The molecule has 9 heteroatoms. The summed E-state index contributed by atoms with van der Waals surface area (Å²) in [5.41, 5.74) is 3.00. The number of anilines is 1. The zero-order valence-electron chi connectivity index (χ0n) is 23.5. The van der Waals surface area contributed by atoms with Crippen molar-refractivity contribution in [3.63, 3.8) is 0 Å². The maximum Gasteiger partial charge on any atom is 0.255 e. The fraction of sp³-hybridized carbons (Fsp3) is 0.500. The number of carbonyl (C=O) groups excluding carboxylic acids is 3. The van der Waals surface area contributed by atoms with Crippen molar-refractivity contribution in [3.05, 3.63) is 64.5 Å². The summed E-state index contributed by atoms with van der Waals surface area (Å²) in [6.07, 6.45) is 1.18. The van der Waals surface area contributed by atoms with E-state index in [0.29, 0.717) is 17.7 Å². The van der Waals surface area contributed by atoms with Crippen LogP contribution >= 0.6 is 0 Å². The van der Waals surface area contributed by atoms with Crippen LogP contribution in [0.1, 0.15) is 67.6 Å². The molecule has 0 saturated carbocycles. The van der Waals surface area contributed by atoms with E-state index in [1.165, 1.54) is 18.0 Å². The summed E-state index contributed by atoms with van der Waals surface area (Å²) in [6, 6.07) is 9.84. The summed E-state index contributed by atoms with van der Waals surface area (Å²) in [5.74, 6) is -0.858. The molecule has 0 spiro atoms. The van der Waals surface area contributed by atoms with Gasteiger partial charge in [-0.05, 0) is 63.9 Å². The maximum atomic E-state index is 14.8. The molecule has 1 fully saturated rings. The highest BCUT2D eigenvalue weighted by atomic mass is 19.1. The van der Waals surface area contributed by atoms with Gasteiger partial charge in [-0.1, -0.05) is 12.1 Å². The number of ether oxygens (including phenoxy) is 1. The van der Waals surface area contributed by atoms with Crippen molar-refractivity contribution in [1.29, 1.82) is 0 Å². The zero-order valence-corrected chi connectivity index (χ0v) is 23.5. The van der Waals surface area contributed by atoms with Crippen LogP contribution in [0, 0.1) is 5.82 Å². The molecule has 1 unspecified atom stereocenters. The van der Waals surface area contributed by atoms with Gasteiger partial charge in [0.05, 0.1) is 11.2 Å². The number of hydrogen-bond donors (Lipinski definition) is 2. The molecule has 210 valence electrons. The van der Waals surface area contributed by atoms with Gasteiger partial charge in [-0.3, -0.25) is 14.5 Å². The lowest BCUT2D eigenvalue weighted by Crippen LogP contribution is -2.56. The fourth-order valence-electron chi connectivity index (χ4n) is 5.96. The van der Waals surface area contributed by atoms with Gasteiger partial charge in [-0.2, -0.15) is 0 Å². The van der Waals surface area contributed by atoms with E-state index < -0.39 is 6.04 Å². The Balaban J connectivity index is 1.49. The quantitative estimate of drug-likeness (QED) is 0.447. The minimum atomic E-state index is -0.739. The maximum absolute atomic E-state index is 14.8. The molecule has 1 saturated heterocycles. The minimum absolute atomic E-state index is 0.179. The number of morpholine rings is 1. The van der Waals surface area contributed by atoms with E-state index in [4.69, 9.17) is 4.74 Å². The first-order chi connectivity index (χ1) is 18.4. The standard InChI is InChI=1S/C30H39FN4O4/c1-29(2)18-34(19-30(3,4)39-29)16-20-11-12-24(31)21(14-20)15-33-25-9-6-8-22-23(25)17-35(28(22)38)26(10-7-13-36)27(37)32-5/h6,8-9,11-14,26,33H,7,10,15-19H2,1-5H3,(H,32,37). The van der Waals surface area contributed by atoms with Gasteiger partial charge >= 0.3 is 0 Å². The third-order valence-corrected chi connectivity index (χ3v) is 7.23. The lowest BCUT2D eigenvalue weighted by molar-refractivity contribution is -0.182. The van der Waals surface area contributed by atoms with Crippen LogP contribution in [-0.4, -0.2) is 65.3 Å². The Labute approximate surface area is 229 Å². The topological polar surface area (TPSA) is 91.0 Å². The molecule has 2 N–H and O–H groups in total. The van der Waals surface area contributed by atoms with Crippen LogP contribution in [0.15, 0.2) is 36.4 Å². The van der Waals surface area contributed by atoms with Crippen LogP contribution in [0.2, 0.25) is 0 Å². The average Bonchev–Trinajstić information content (AvgIpc) is 3.19. The molecule has 2 aliphatic rings. The molecule has 2 aromatic carbocycles. The molecule has 8 nitrogen and oxygen atoms in total. The first-order valence-electron chi connectivity index (χ1n) is 13.4. The number of halogens is 1. The molecule has 2 aromatic rings. The van der Waals surface area contributed by atoms with Gasteiger partial charge in [0.25, 0.3) is 5.91 Å². The molecule has 39 heavy (non-hydrogen) atoms. The Morgan fingerprint density at radius 3 is 2.54 bits per heavy atom. The largest absolute Gasteiger partial charge is 0.381 e. The summed E-state index contributed by atoms with van der Waals surface area (Å²) in [7, 11) is 1.51. The van der Waals surface area contributed by atoms with Gasteiger partial charge in [0.2, 0.25) is 5.91 Å². The Bertz CT molecular complexity index is 1230. The summed E-state index contributed by atoms with van der Waals surface area (Å²) in [6.45, 7) is 11.1. The summed E-state index contributed by atoms with van der Waals surface area (Å²) in [4.78, 5) is 40.5. The van der Waals surface area contributed by atoms with E-state index in [2.05, 4.69) is 43.2 Å². The minimum Gasteiger partial charge on any atom is -0.381 e. The molecule has 4 rings (SSSR count). The van der Waals surface area contributed by atoms with Crippen LogP contribution in [0.4, 0.5) is 10.1 Å². The van der Waals surface area contributed by atoms with Gasteiger partial charge in [0.15, 0.2) is 0 Å². The number of benzene rings is 2. The Morgan fingerprint density at radius 1 is 1.15 bits per heavy atom. The third kappa shape index (κ3) is 6.65. The molecule has 1 atom stereocenters. The summed E-state index contributed by atoms with van der Waals surface area (Å²) in [5, 5.41) is 5.91. The molecular weight excluding hydrogens is 499 g/mol. The number of amides is 2. The summed E-state index contributed by atoms with van der Waals surface area (Å²) < 4.78 is 21.0. The highest BCUT2D eigenvalue weighted by molar-refractivity contribution is 6.02. The molecule has 2 amide bonds. The van der Waals surface area contributed by atoms with Gasteiger partial charge in [0.1, 0.15) is 18.1 Å². The van der Waals surface area contributed by atoms with Crippen molar-refractivity contribution in [3.8, 4) is 0 Å². The predicted octanol–water partition coefficient (Wildman–Crippen LogP) is 3.88. The first kappa shape index (κ1) is 28.7. The van der Waals surface area contributed by atoms with Crippen LogP contribution in [0.25, 0.3) is 0 Å². The van der Waals surface area contributed by atoms with Crippen LogP contribution < -0.4 is 10.6 Å². The monoisotopic (exact) mass is 538 g/mol. The molecule has 0 aromatic heterocycles. The van der Waals surface area contributed by atoms with Crippen molar-refractivity contribution in [2.75, 3.05) is 25.5 Å². The number of aldehydes is 1. The number of fused-ring (bicyclic) bond motifs is 1. The number of rotatable bonds is 10. The highest BCUT2D eigenvalue weighted by Crippen LogP contribution is 2.33. The van der Waals surface area contributed by atoms with Gasteiger partial charge in [-0.25, -0.2) is 4.39 Å². The lowest BCUT2D eigenvalue weighted by Gasteiger charge is -2.47. The highest BCUT2D eigenvalue weighted by Gasteiger charge is 2.38. The Morgan fingerprint density at radius 2 is 1.87 bits per heavy atom. The SMILES string of the molecule is CNC(=O)C(CCC=O)N1Cc2c(NCc3cc(CN4CC(C)(C)OC(C)(C)C4)ccc3F)cccc2C1=O. The van der Waals surface area contributed by atoms with Crippen molar-refractivity contribution in [2.45, 2.75) is 77.4 Å².